The first-order chi connectivity index (χ1) is 17.5. The summed E-state index contributed by atoms with van der Waals surface area (Å²) in [5, 5.41) is 15.4. The lowest BCUT2D eigenvalue weighted by Gasteiger charge is -2.28. The molecule has 1 aliphatic rings. The van der Waals surface area contributed by atoms with Gasteiger partial charge in [-0.05, 0) is 50.8 Å². The standard InChI is InChI=1S/C27H34N6O3/c1-32(2)11-5-10-28-27(35)29-23-9-4-8-22(17-23)26-30-24(21-7-3-6-20(16-21)19-34)18-25(31-26)33-12-14-36-15-13-33/h3-4,6-9,16-18,34H,5,10-15,19H2,1-2H3,(H2,28,29,35). The van der Waals surface area contributed by atoms with Gasteiger partial charge in [0.2, 0.25) is 0 Å². The number of nitrogens with zero attached hydrogens (tertiary/aromatic N) is 4. The molecular weight excluding hydrogens is 456 g/mol. The number of benzene rings is 2. The summed E-state index contributed by atoms with van der Waals surface area (Å²) in [6, 6.07) is 17.0. The van der Waals surface area contributed by atoms with Crippen molar-refractivity contribution < 1.29 is 14.6 Å². The number of hydrogen-bond donors (Lipinski definition) is 3. The van der Waals surface area contributed by atoms with E-state index < -0.39 is 0 Å². The van der Waals surface area contributed by atoms with Gasteiger partial charge in [-0.25, -0.2) is 14.8 Å². The number of morpholine rings is 1. The number of urea groups is 1. The minimum atomic E-state index is -0.240. The second-order valence-electron chi connectivity index (χ2n) is 9.01. The number of amides is 2. The van der Waals surface area contributed by atoms with Gasteiger partial charge in [-0.1, -0.05) is 30.3 Å². The van der Waals surface area contributed by atoms with Crippen LogP contribution in [0.1, 0.15) is 12.0 Å². The third-order valence-electron chi connectivity index (χ3n) is 5.90. The summed E-state index contributed by atoms with van der Waals surface area (Å²) in [7, 11) is 4.02. The maximum atomic E-state index is 12.4. The molecule has 0 spiro atoms. The van der Waals surface area contributed by atoms with Gasteiger partial charge in [0.25, 0.3) is 0 Å². The summed E-state index contributed by atoms with van der Waals surface area (Å²) in [6.07, 6.45) is 0.878. The molecule has 0 atom stereocenters. The number of ether oxygens (including phenoxy) is 1. The van der Waals surface area contributed by atoms with Gasteiger partial charge in [-0.15, -0.1) is 0 Å². The topological polar surface area (TPSA) is 103 Å². The van der Waals surface area contributed by atoms with Gasteiger partial charge >= 0.3 is 6.03 Å². The quantitative estimate of drug-likeness (QED) is 0.396. The van der Waals surface area contributed by atoms with Crippen LogP contribution >= 0.6 is 0 Å². The third kappa shape index (κ3) is 7.00. The zero-order valence-corrected chi connectivity index (χ0v) is 20.9. The number of rotatable bonds is 9. The van der Waals surface area contributed by atoms with Gasteiger partial charge < -0.3 is 30.3 Å². The van der Waals surface area contributed by atoms with Crippen LogP contribution in [0.2, 0.25) is 0 Å². The maximum Gasteiger partial charge on any atom is 0.319 e. The molecule has 36 heavy (non-hydrogen) atoms. The normalized spacial score (nSPS) is 13.6. The predicted molar refractivity (Wildman–Crippen MR) is 142 cm³/mol. The molecule has 1 aromatic heterocycles. The molecule has 0 saturated carbocycles. The van der Waals surface area contributed by atoms with Crippen LogP contribution in [0.4, 0.5) is 16.3 Å². The van der Waals surface area contributed by atoms with Crippen LogP contribution in [0.25, 0.3) is 22.6 Å². The lowest BCUT2D eigenvalue weighted by Crippen LogP contribution is -2.36. The van der Waals surface area contributed by atoms with Crippen molar-refractivity contribution in [2.24, 2.45) is 0 Å². The van der Waals surface area contributed by atoms with Crippen molar-refractivity contribution in [3.63, 3.8) is 0 Å². The summed E-state index contributed by atoms with van der Waals surface area (Å²) < 4.78 is 5.52. The number of anilines is 2. The first-order valence-electron chi connectivity index (χ1n) is 12.2. The largest absolute Gasteiger partial charge is 0.392 e. The fraction of sp³-hybridized carbons (Fsp3) is 0.370. The lowest BCUT2D eigenvalue weighted by molar-refractivity contribution is 0.122. The monoisotopic (exact) mass is 490 g/mol. The summed E-state index contributed by atoms with van der Waals surface area (Å²) in [6.45, 7) is 4.29. The van der Waals surface area contributed by atoms with Gasteiger partial charge in [0.05, 0.1) is 25.5 Å². The van der Waals surface area contributed by atoms with Crippen LogP contribution in [-0.4, -0.2) is 79.5 Å². The fourth-order valence-electron chi connectivity index (χ4n) is 4.00. The second kappa shape index (κ2) is 12.4. The minimum Gasteiger partial charge on any atom is -0.392 e. The van der Waals surface area contributed by atoms with Crippen LogP contribution in [0.5, 0.6) is 0 Å². The third-order valence-corrected chi connectivity index (χ3v) is 5.90. The van der Waals surface area contributed by atoms with E-state index in [0.717, 1.165) is 54.3 Å². The highest BCUT2D eigenvalue weighted by atomic mass is 16.5. The molecule has 0 bridgehead atoms. The van der Waals surface area contributed by atoms with Crippen molar-refractivity contribution in [1.29, 1.82) is 0 Å². The summed E-state index contributed by atoms with van der Waals surface area (Å²) in [4.78, 5) is 26.4. The van der Waals surface area contributed by atoms with Crippen molar-refractivity contribution in [2.45, 2.75) is 13.0 Å². The predicted octanol–water partition coefficient (Wildman–Crippen LogP) is 3.21. The Morgan fingerprint density at radius 2 is 1.83 bits per heavy atom. The molecule has 2 amide bonds. The zero-order valence-electron chi connectivity index (χ0n) is 20.9. The molecule has 2 aromatic carbocycles. The van der Waals surface area contributed by atoms with E-state index in [0.29, 0.717) is 31.3 Å². The van der Waals surface area contributed by atoms with Gasteiger partial charge in [-0.3, -0.25) is 0 Å². The zero-order chi connectivity index (χ0) is 25.3. The van der Waals surface area contributed by atoms with Gasteiger partial charge in [0, 0.05) is 42.5 Å². The number of hydrogen-bond acceptors (Lipinski definition) is 7. The summed E-state index contributed by atoms with van der Waals surface area (Å²) >= 11 is 0. The van der Waals surface area contributed by atoms with Crippen LogP contribution in [0.15, 0.2) is 54.6 Å². The molecule has 4 rings (SSSR count). The van der Waals surface area contributed by atoms with E-state index in [2.05, 4.69) is 20.4 Å². The number of nitrogens with one attached hydrogen (secondary N) is 2. The molecule has 0 unspecified atom stereocenters. The van der Waals surface area contributed by atoms with Crippen LogP contribution < -0.4 is 15.5 Å². The van der Waals surface area contributed by atoms with E-state index in [-0.39, 0.29) is 12.6 Å². The Bertz CT molecular complexity index is 1160. The van der Waals surface area contributed by atoms with Gasteiger partial charge in [0.15, 0.2) is 5.82 Å². The molecule has 190 valence electrons. The number of aliphatic hydroxyl groups is 1. The Morgan fingerprint density at radius 3 is 2.61 bits per heavy atom. The Morgan fingerprint density at radius 1 is 1.06 bits per heavy atom. The highest BCUT2D eigenvalue weighted by Crippen LogP contribution is 2.28. The van der Waals surface area contributed by atoms with E-state index in [1.165, 1.54) is 0 Å². The Labute approximate surface area is 212 Å². The van der Waals surface area contributed by atoms with Crippen LogP contribution in [0.3, 0.4) is 0 Å². The smallest absolute Gasteiger partial charge is 0.319 e. The molecule has 1 aliphatic heterocycles. The molecule has 1 saturated heterocycles. The average Bonchev–Trinajstić information content (AvgIpc) is 2.91. The molecule has 0 radical (unpaired) electrons. The molecule has 9 nitrogen and oxygen atoms in total. The molecule has 9 heteroatoms. The molecular formula is C27H34N6O3. The first kappa shape index (κ1) is 25.6. The summed E-state index contributed by atoms with van der Waals surface area (Å²) in [5.41, 5.74) is 3.97. The molecule has 3 aromatic rings. The Hall–Kier alpha value is -3.53. The Kier molecular flexibility index (Phi) is 8.83. The van der Waals surface area contributed by atoms with E-state index >= 15 is 0 Å². The first-order valence-corrected chi connectivity index (χ1v) is 12.2. The van der Waals surface area contributed by atoms with Crippen molar-refractivity contribution in [3.8, 4) is 22.6 Å². The van der Waals surface area contributed by atoms with E-state index in [1.54, 1.807) is 0 Å². The second-order valence-corrected chi connectivity index (χ2v) is 9.01. The van der Waals surface area contributed by atoms with Gasteiger partial charge in [0.1, 0.15) is 5.82 Å². The van der Waals surface area contributed by atoms with E-state index in [1.807, 2.05) is 68.7 Å². The number of carbonyl (C=O) groups is 1. The van der Waals surface area contributed by atoms with Crippen molar-refractivity contribution in [1.82, 2.24) is 20.2 Å². The Balaban J connectivity index is 1.59. The van der Waals surface area contributed by atoms with E-state index in [9.17, 15) is 9.90 Å². The molecule has 2 heterocycles. The molecule has 3 N–H and O–H groups in total. The van der Waals surface area contributed by atoms with Crippen LogP contribution in [-0.2, 0) is 11.3 Å². The van der Waals surface area contributed by atoms with Crippen molar-refractivity contribution >= 4 is 17.5 Å². The number of aromatic nitrogens is 2. The van der Waals surface area contributed by atoms with Gasteiger partial charge in [-0.2, -0.15) is 0 Å². The fourth-order valence-corrected chi connectivity index (χ4v) is 4.00. The maximum absolute atomic E-state index is 12.4. The highest BCUT2D eigenvalue weighted by Gasteiger charge is 2.17. The SMILES string of the molecule is CN(C)CCCNC(=O)Nc1cccc(-c2nc(-c3cccc(CO)c3)cc(N3CCOCC3)n2)c1. The highest BCUT2D eigenvalue weighted by molar-refractivity contribution is 5.90. The van der Waals surface area contributed by atoms with E-state index in [4.69, 9.17) is 14.7 Å². The van der Waals surface area contributed by atoms with Crippen molar-refractivity contribution in [3.05, 3.63) is 60.2 Å². The number of carbonyl (C=O) groups excluding carboxylic acids is 1. The molecule has 1 fully saturated rings. The summed E-state index contributed by atoms with van der Waals surface area (Å²) in [5.74, 6) is 1.39. The van der Waals surface area contributed by atoms with Crippen molar-refractivity contribution in [2.75, 3.05) is 63.7 Å². The average molecular weight is 491 g/mol. The lowest BCUT2D eigenvalue weighted by atomic mass is 10.1. The van der Waals surface area contributed by atoms with Crippen LogP contribution in [0, 0.1) is 0 Å². The minimum absolute atomic E-state index is 0.0347. The molecule has 0 aliphatic carbocycles. The number of aliphatic hydroxyl groups excluding tert-OH is 1.